The number of aliphatic hydroxyl groups excluding tert-OH is 4. The van der Waals surface area contributed by atoms with Crippen molar-refractivity contribution in [2.45, 2.75) is 42.7 Å². The first kappa shape index (κ1) is 23.0. The zero-order chi connectivity index (χ0) is 24.2. The molecule has 0 spiro atoms. The minimum absolute atomic E-state index is 0.221. The number of fused-ring (bicyclic) bond motifs is 1. The first-order valence-electron chi connectivity index (χ1n) is 9.86. The van der Waals surface area contributed by atoms with Crippen molar-refractivity contribution in [2.75, 3.05) is 6.61 Å². The Morgan fingerprint density at radius 3 is 2.27 bits per heavy atom. The lowest BCUT2D eigenvalue weighted by molar-refractivity contribution is -0.358. The lowest BCUT2D eigenvalue weighted by Gasteiger charge is -2.46. The average molecular weight is 466 g/mol. The summed E-state index contributed by atoms with van der Waals surface area (Å²) in [7, 11) is 0. The fourth-order valence-electron chi connectivity index (χ4n) is 4.11. The Balaban J connectivity index is 1.88. The molecule has 1 fully saturated rings. The van der Waals surface area contributed by atoms with Gasteiger partial charge in [-0.15, -0.1) is 0 Å². The van der Waals surface area contributed by atoms with Crippen molar-refractivity contribution in [1.29, 1.82) is 0 Å². The normalized spacial score (nSPS) is 31.7. The quantitative estimate of drug-likeness (QED) is 0.245. The van der Waals surface area contributed by atoms with Crippen molar-refractivity contribution in [3.8, 4) is 28.7 Å². The number of aromatic hydroxyl groups is 4. The molecule has 0 aromatic heterocycles. The predicted molar refractivity (Wildman–Crippen MR) is 106 cm³/mol. The molecule has 12 heteroatoms. The standard InChI is InChI=1S/C21H22O12/c22-6-14-17(28)18(29)20(30)21(31,33-14)16-12(27)4-10(25)15-11(26)5-13(32-19(15)16)7-1-2-8(23)9(24)3-7/h1-4,13-14,17-18,20,22-25,27-31H,5-6H2/t13-,14+,17+,18-,20+,21-/m0/s1. The fourth-order valence-corrected chi connectivity index (χ4v) is 4.11. The van der Waals surface area contributed by atoms with Crippen molar-refractivity contribution in [3.63, 3.8) is 0 Å². The van der Waals surface area contributed by atoms with E-state index >= 15 is 0 Å². The monoisotopic (exact) mass is 466 g/mol. The molecule has 4 rings (SSSR count). The van der Waals surface area contributed by atoms with Crippen LogP contribution in [-0.2, 0) is 10.5 Å². The van der Waals surface area contributed by atoms with Gasteiger partial charge in [0.1, 0.15) is 53.3 Å². The van der Waals surface area contributed by atoms with Gasteiger partial charge in [0.2, 0.25) is 5.79 Å². The molecule has 0 amide bonds. The van der Waals surface area contributed by atoms with Crippen LogP contribution in [-0.4, -0.2) is 82.8 Å². The van der Waals surface area contributed by atoms with Gasteiger partial charge in [-0.05, 0) is 17.7 Å². The summed E-state index contributed by atoms with van der Waals surface area (Å²) in [6.07, 6.45) is -9.15. The third kappa shape index (κ3) is 3.53. The highest BCUT2D eigenvalue weighted by atomic mass is 16.7. The zero-order valence-corrected chi connectivity index (χ0v) is 16.9. The molecular formula is C21H22O12. The fraction of sp³-hybridized carbons (Fsp3) is 0.381. The summed E-state index contributed by atoms with van der Waals surface area (Å²) in [5, 5.41) is 91.4. The first-order chi connectivity index (χ1) is 15.5. The molecular weight excluding hydrogens is 444 g/mol. The van der Waals surface area contributed by atoms with Crippen molar-refractivity contribution < 1.29 is 60.2 Å². The highest BCUT2D eigenvalue weighted by molar-refractivity contribution is 6.03. The van der Waals surface area contributed by atoms with Crippen LogP contribution in [0.15, 0.2) is 24.3 Å². The third-order valence-electron chi connectivity index (χ3n) is 5.85. The van der Waals surface area contributed by atoms with E-state index in [1.807, 2.05) is 0 Å². The van der Waals surface area contributed by atoms with E-state index in [-0.39, 0.29) is 12.0 Å². The van der Waals surface area contributed by atoms with E-state index < -0.39 is 88.6 Å². The van der Waals surface area contributed by atoms with Crippen LogP contribution in [0, 0.1) is 0 Å². The molecule has 2 aliphatic heterocycles. The summed E-state index contributed by atoms with van der Waals surface area (Å²) in [5.74, 6) is -6.75. The topological polar surface area (TPSA) is 218 Å². The molecule has 2 aliphatic rings. The summed E-state index contributed by atoms with van der Waals surface area (Å²) in [4.78, 5) is 12.9. The number of aliphatic hydroxyl groups is 5. The SMILES string of the molecule is O=C1C[C@@H](c2ccc(O)c(O)c2)Oc2c1c(O)cc(O)c2[C@]1(O)O[C@H](CO)[C@@H](O)[C@H](O)[C@H]1O. The van der Waals surface area contributed by atoms with Crippen LogP contribution in [0.2, 0.25) is 0 Å². The van der Waals surface area contributed by atoms with Crippen molar-refractivity contribution in [1.82, 2.24) is 0 Å². The van der Waals surface area contributed by atoms with E-state index in [0.29, 0.717) is 6.07 Å². The van der Waals surface area contributed by atoms with E-state index in [1.54, 1.807) is 0 Å². The number of Topliss-reactive ketones (excluding diaryl/α,β-unsaturated/α-hetero) is 1. The van der Waals surface area contributed by atoms with Crippen LogP contribution in [0.4, 0.5) is 0 Å². The number of ketones is 1. The molecule has 0 aliphatic carbocycles. The number of carbonyl (C=O) groups is 1. The molecule has 178 valence electrons. The van der Waals surface area contributed by atoms with Crippen LogP contribution in [0.1, 0.15) is 34.0 Å². The summed E-state index contributed by atoms with van der Waals surface area (Å²) >= 11 is 0. The Kier molecular flexibility index (Phi) is 5.60. The molecule has 0 radical (unpaired) electrons. The summed E-state index contributed by atoms with van der Waals surface area (Å²) in [6.45, 7) is -0.885. The molecule has 1 saturated heterocycles. The smallest absolute Gasteiger partial charge is 0.229 e. The van der Waals surface area contributed by atoms with Crippen molar-refractivity contribution in [2.24, 2.45) is 0 Å². The third-order valence-corrected chi connectivity index (χ3v) is 5.85. The van der Waals surface area contributed by atoms with Gasteiger partial charge in [-0.3, -0.25) is 4.79 Å². The second kappa shape index (κ2) is 8.02. The largest absolute Gasteiger partial charge is 0.507 e. The van der Waals surface area contributed by atoms with Gasteiger partial charge in [0.15, 0.2) is 17.3 Å². The van der Waals surface area contributed by atoms with Crippen LogP contribution in [0.5, 0.6) is 28.7 Å². The number of carbonyl (C=O) groups excluding carboxylic acids is 1. The maximum absolute atomic E-state index is 12.9. The Hall–Kier alpha value is -3.13. The Morgan fingerprint density at radius 1 is 0.939 bits per heavy atom. The molecule has 2 aromatic carbocycles. The summed E-state index contributed by atoms with van der Waals surface area (Å²) < 4.78 is 11.0. The highest BCUT2D eigenvalue weighted by Gasteiger charge is 2.57. The highest BCUT2D eigenvalue weighted by Crippen LogP contribution is 2.52. The molecule has 0 unspecified atom stereocenters. The molecule has 6 atom stereocenters. The molecule has 2 aromatic rings. The number of benzene rings is 2. The summed E-state index contributed by atoms with van der Waals surface area (Å²) in [5.41, 5.74) is -0.959. The Bertz CT molecular complexity index is 1100. The number of hydrogen-bond acceptors (Lipinski definition) is 12. The molecule has 0 saturated carbocycles. The minimum Gasteiger partial charge on any atom is -0.507 e. The molecule has 9 N–H and O–H groups in total. The van der Waals surface area contributed by atoms with Gasteiger partial charge in [-0.1, -0.05) is 6.07 Å². The Morgan fingerprint density at radius 2 is 1.64 bits per heavy atom. The minimum atomic E-state index is -2.98. The average Bonchev–Trinajstić information content (AvgIpc) is 2.76. The van der Waals surface area contributed by atoms with E-state index in [4.69, 9.17) is 9.47 Å². The van der Waals surface area contributed by atoms with Crippen molar-refractivity contribution in [3.05, 3.63) is 41.0 Å². The number of phenols is 4. The van der Waals surface area contributed by atoms with Gasteiger partial charge in [0.25, 0.3) is 0 Å². The second-order valence-corrected chi connectivity index (χ2v) is 7.94. The van der Waals surface area contributed by atoms with Crippen LogP contribution in [0.3, 0.4) is 0 Å². The van der Waals surface area contributed by atoms with Gasteiger partial charge < -0.3 is 55.4 Å². The lowest BCUT2D eigenvalue weighted by Crippen LogP contribution is -2.63. The Labute approximate surface area is 185 Å². The van der Waals surface area contributed by atoms with Gasteiger partial charge in [-0.25, -0.2) is 0 Å². The van der Waals surface area contributed by atoms with Crippen LogP contribution < -0.4 is 4.74 Å². The zero-order valence-electron chi connectivity index (χ0n) is 16.9. The summed E-state index contributed by atoms with van der Waals surface area (Å²) in [6, 6.07) is 4.34. The maximum atomic E-state index is 12.9. The predicted octanol–water partition coefficient (Wildman–Crippen LogP) is -1.17. The first-order valence-corrected chi connectivity index (χ1v) is 9.86. The van der Waals surface area contributed by atoms with Gasteiger partial charge >= 0.3 is 0 Å². The molecule has 0 bridgehead atoms. The van der Waals surface area contributed by atoms with E-state index in [9.17, 15) is 50.8 Å². The molecule has 2 heterocycles. The van der Waals surface area contributed by atoms with Crippen LogP contribution in [0.25, 0.3) is 0 Å². The maximum Gasteiger partial charge on any atom is 0.229 e. The van der Waals surface area contributed by atoms with E-state index in [0.717, 1.165) is 12.1 Å². The molecule has 12 nitrogen and oxygen atoms in total. The van der Waals surface area contributed by atoms with E-state index in [2.05, 4.69) is 0 Å². The van der Waals surface area contributed by atoms with Crippen molar-refractivity contribution >= 4 is 5.78 Å². The second-order valence-electron chi connectivity index (χ2n) is 7.94. The number of hydrogen-bond donors (Lipinski definition) is 9. The van der Waals surface area contributed by atoms with Gasteiger partial charge in [0.05, 0.1) is 18.6 Å². The number of ether oxygens (including phenoxy) is 2. The van der Waals surface area contributed by atoms with Gasteiger partial charge in [-0.2, -0.15) is 0 Å². The molecule has 33 heavy (non-hydrogen) atoms. The lowest BCUT2D eigenvalue weighted by atomic mass is 9.84. The van der Waals surface area contributed by atoms with E-state index in [1.165, 1.54) is 6.07 Å². The number of rotatable bonds is 3. The van der Waals surface area contributed by atoms with Gasteiger partial charge in [0, 0.05) is 6.07 Å². The number of phenolic OH excluding ortho intramolecular Hbond substituents is 4. The van der Waals surface area contributed by atoms with Crippen LogP contribution >= 0.6 is 0 Å².